The van der Waals surface area contributed by atoms with Crippen molar-refractivity contribution in [2.24, 2.45) is 0 Å². The number of benzene rings is 2. The largest absolute Gasteiger partial charge is 0.371 e. The van der Waals surface area contributed by atoms with Crippen LogP contribution in [0.5, 0.6) is 0 Å². The van der Waals surface area contributed by atoms with Gasteiger partial charge in [-0.1, -0.05) is 18.2 Å². The molecule has 1 fully saturated rings. The zero-order valence-electron chi connectivity index (χ0n) is 16.8. The number of aryl methyl sites for hydroxylation is 2. The first kappa shape index (κ1) is 18.4. The van der Waals surface area contributed by atoms with Crippen molar-refractivity contribution in [3.63, 3.8) is 0 Å². The molecule has 0 unspecified atom stereocenters. The highest BCUT2D eigenvalue weighted by Gasteiger charge is 2.19. The zero-order chi connectivity index (χ0) is 19.7. The number of anilines is 1. The fourth-order valence-corrected chi connectivity index (χ4v) is 3.82. The lowest BCUT2D eigenvalue weighted by molar-refractivity contribution is 0.0785. The highest BCUT2D eigenvalue weighted by Crippen LogP contribution is 2.26. The van der Waals surface area contributed by atoms with Crippen molar-refractivity contribution in [1.82, 2.24) is 14.9 Å². The van der Waals surface area contributed by atoms with Gasteiger partial charge in [0.15, 0.2) is 0 Å². The minimum atomic E-state index is -0.00171. The van der Waals surface area contributed by atoms with Crippen LogP contribution in [0.2, 0.25) is 0 Å². The van der Waals surface area contributed by atoms with E-state index in [9.17, 15) is 4.79 Å². The van der Waals surface area contributed by atoms with E-state index in [4.69, 9.17) is 0 Å². The first-order valence-corrected chi connectivity index (χ1v) is 9.86. The number of aromatic nitrogens is 2. The Morgan fingerprint density at radius 1 is 1.00 bits per heavy atom. The second kappa shape index (κ2) is 7.58. The molecule has 28 heavy (non-hydrogen) atoms. The van der Waals surface area contributed by atoms with Crippen LogP contribution in [0.1, 0.15) is 40.2 Å². The second-order valence-corrected chi connectivity index (χ2v) is 7.58. The van der Waals surface area contributed by atoms with Crippen LogP contribution in [0.25, 0.3) is 11.0 Å². The van der Waals surface area contributed by atoms with E-state index in [1.807, 2.05) is 45.2 Å². The molecule has 3 aromatic rings. The SMILES string of the molecule is Cc1nc2ccc(C(=O)N(C)Cc3ccccc3N3CCCC3)cc2nc1C. The Bertz CT molecular complexity index is 1020. The van der Waals surface area contributed by atoms with E-state index in [0.29, 0.717) is 12.1 Å². The summed E-state index contributed by atoms with van der Waals surface area (Å²) in [4.78, 5) is 26.4. The molecule has 0 aliphatic carbocycles. The number of hydrogen-bond acceptors (Lipinski definition) is 4. The summed E-state index contributed by atoms with van der Waals surface area (Å²) in [6.07, 6.45) is 2.47. The first-order valence-electron chi connectivity index (χ1n) is 9.86. The molecule has 5 heteroatoms. The highest BCUT2D eigenvalue weighted by molar-refractivity contribution is 5.97. The third-order valence-electron chi connectivity index (χ3n) is 5.51. The Hall–Kier alpha value is -2.95. The maximum Gasteiger partial charge on any atom is 0.253 e. The van der Waals surface area contributed by atoms with Crippen molar-refractivity contribution in [2.45, 2.75) is 33.2 Å². The zero-order valence-corrected chi connectivity index (χ0v) is 16.8. The molecule has 5 nitrogen and oxygen atoms in total. The van der Waals surface area contributed by atoms with E-state index < -0.39 is 0 Å². The van der Waals surface area contributed by atoms with Crippen molar-refractivity contribution in [2.75, 3.05) is 25.0 Å². The van der Waals surface area contributed by atoms with Crippen molar-refractivity contribution in [1.29, 1.82) is 0 Å². The summed E-state index contributed by atoms with van der Waals surface area (Å²) in [5.41, 5.74) is 6.47. The fourth-order valence-electron chi connectivity index (χ4n) is 3.82. The number of carbonyl (C=O) groups excluding carboxylic acids is 1. The van der Waals surface area contributed by atoms with Gasteiger partial charge in [0.2, 0.25) is 0 Å². The van der Waals surface area contributed by atoms with Crippen LogP contribution in [-0.4, -0.2) is 40.9 Å². The summed E-state index contributed by atoms with van der Waals surface area (Å²) in [5, 5.41) is 0. The van der Waals surface area contributed by atoms with Crippen molar-refractivity contribution in [3.8, 4) is 0 Å². The van der Waals surface area contributed by atoms with Gasteiger partial charge < -0.3 is 9.80 Å². The monoisotopic (exact) mass is 374 g/mol. The van der Waals surface area contributed by atoms with Gasteiger partial charge in [0.25, 0.3) is 5.91 Å². The maximum absolute atomic E-state index is 13.0. The lowest BCUT2D eigenvalue weighted by Crippen LogP contribution is -2.28. The molecule has 0 bridgehead atoms. The lowest BCUT2D eigenvalue weighted by Gasteiger charge is -2.24. The summed E-state index contributed by atoms with van der Waals surface area (Å²) in [6.45, 7) is 6.67. The number of para-hydroxylation sites is 1. The molecule has 1 aliphatic heterocycles. The third-order valence-corrected chi connectivity index (χ3v) is 5.51. The average molecular weight is 374 g/mol. The van der Waals surface area contributed by atoms with E-state index in [2.05, 4.69) is 33.1 Å². The van der Waals surface area contributed by atoms with Crippen LogP contribution >= 0.6 is 0 Å². The molecule has 1 saturated heterocycles. The summed E-state index contributed by atoms with van der Waals surface area (Å²) >= 11 is 0. The van der Waals surface area contributed by atoms with Crippen LogP contribution in [0.3, 0.4) is 0 Å². The van der Waals surface area contributed by atoms with Crippen LogP contribution < -0.4 is 4.90 Å². The van der Waals surface area contributed by atoms with Gasteiger partial charge >= 0.3 is 0 Å². The predicted octanol–water partition coefficient (Wildman–Crippen LogP) is 4.12. The molecule has 0 N–H and O–H groups in total. The van der Waals surface area contributed by atoms with Crippen molar-refractivity contribution in [3.05, 3.63) is 65.0 Å². The average Bonchev–Trinajstić information content (AvgIpc) is 3.23. The Morgan fingerprint density at radius 3 is 2.43 bits per heavy atom. The van der Waals surface area contributed by atoms with Crippen LogP contribution in [0.15, 0.2) is 42.5 Å². The van der Waals surface area contributed by atoms with Crippen LogP contribution in [0.4, 0.5) is 5.69 Å². The molecule has 0 radical (unpaired) electrons. The lowest BCUT2D eigenvalue weighted by atomic mass is 10.1. The van der Waals surface area contributed by atoms with E-state index >= 15 is 0 Å². The van der Waals surface area contributed by atoms with Gasteiger partial charge in [0, 0.05) is 37.9 Å². The molecular weight excluding hydrogens is 348 g/mol. The van der Waals surface area contributed by atoms with Gasteiger partial charge in [-0.25, -0.2) is 9.97 Å². The number of fused-ring (bicyclic) bond motifs is 1. The number of rotatable bonds is 4. The smallest absolute Gasteiger partial charge is 0.253 e. The van der Waals surface area contributed by atoms with Crippen molar-refractivity contribution < 1.29 is 4.79 Å². The topological polar surface area (TPSA) is 49.3 Å². The van der Waals surface area contributed by atoms with Gasteiger partial charge in [-0.2, -0.15) is 0 Å². The standard InChI is InChI=1S/C23H26N4O/c1-16-17(2)25-21-14-18(10-11-20(21)24-16)23(28)26(3)15-19-8-4-5-9-22(19)27-12-6-7-13-27/h4-5,8-11,14H,6-7,12-13,15H2,1-3H3. The fraction of sp³-hybridized carbons (Fsp3) is 0.348. The summed E-state index contributed by atoms with van der Waals surface area (Å²) in [5.74, 6) is -0.00171. The number of carbonyl (C=O) groups is 1. The van der Waals surface area contributed by atoms with Crippen molar-refractivity contribution >= 4 is 22.6 Å². The Morgan fingerprint density at radius 2 is 1.68 bits per heavy atom. The van der Waals surface area contributed by atoms with Gasteiger partial charge in [0.05, 0.1) is 22.4 Å². The number of amides is 1. The highest BCUT2D eigenvalue weighted by atomic mass is 16.2. The molecule has 0 atom stereocenters. The van der Waals surface area contributed by atoms with E-state index in [1.165, 1.54) is 24.1 Å². The minimum absolute atomic E-state index is 0.00171. The molecule has 2 aromatic carbocycles. The van der Waals surface area contributed by atoms with Crippen LogP contribution in [0, 0.1) is 13.8 Å². The molecule has 0 saturated carbocycles. The maximum atomic E-state index is 13.0. The minimum Gasteiger partial charge on any atom is -0.371 e. The summed E-state index contributed by atoms with van der Waals surface area (Å²) < 4.78 is 0. The van der Waals surface area contributed by atoms with Gasteiger partial charge in [-0.15, -0.1) is 0 Å². The predicted molar refractivity (Wildman–Crippen MR) is 113 cm³/mol. The molecule has 4 rings (SSSR count). The Kier molecular flexibility index (Phi) is 4.99. The van der Waals surface area contributed by atoms with Gasteiger partial charge in [0.1, 0.15) is 0 Å². The summed E-state index contributed by atoms with van der Waals surface area (Å²) in [6, 6.07) is 14.0. The van der Waals surface area contributed by atoms with Crippen LogP contribution in [-0.2, 0) is 6.54 Å². The van der Waals surface area contributed by atoms with Gasteiger partial charge in [-0.05, 0) is 56.5 Å². The number of nitrogens with zero attached hydrogens (tertiary/aromatic N) is 4. The number of hydrogen-bond donors (Lipinski definition) is 0. The van der Waals surface area contributed by atoms with E-state index in [-0.39, 0.29) is 5.91 Å². The second-order valence-electron chi connectivity index (χ2n) is 7.58. The van der Waals surface area contributed by atoms with Gasteiger partial charge in [-0.3, -0.25) is 4.79 Å². The molecule has 2 heterocycles. The Balaban J connectivity index is 1.57. The molecule has 0 spiro atoms. The first-order chi connectivity index (χ1) is 13.5. The normalized spacial score (nSPS) is 13.9. The molecular formula is C23H26N4O. The molecule has 1 aliphatic rings. The van der Waals surface area contributed by atoms with E-state index in [0.717, 1.165) is 35.5 Å². The molecule has 1 aromatic heterocycles. The Labute approximate surface area is 166 Å². The third kappa shape index (κ3) is 3.57. The quantitative estimate of drug-likeness (QED) is 0.689. The molecule has 1 amide bonds. The summed E-state index contributed by atoms with van der Waals surface area (Å²) in [7, 11) is 1.86. The molecule has 144 valence electrons. The van der Waals surface area contributed by atoms with E-state index in [1.54, 1.807) is 4.90 Å².